The maximum Gasteiger partial charge on any atom is 0.264 e. The number of rotatable bonds is 5. The van der Waals surface area contributed by atoms with Crippen LogP contribution in [0.4, 0.5) is 5.69 Å². The third-order valence-electron chi connectivity index (χ3n) is 4.13. The van der Waals surface area contributed by atoms with Crippen LogP contribution in [0.25, 0.3) is 11.1 Å². The van der Waals surface area contributed by atoms with Gasteiger partial charge in [0.1, 0.15) is 5.75 Å². The number of furan rings is 1. The van der Waals surface area contributed by atoms with Crippen molar-refractivity contribution in [3.8, 4) is 16.9 Å². The Hall–Kier alpha value is -2.73. The fourth-order valence-corrected chi connectivity index (χ4v) is 3.77. The SMILES string of the molecule is COc1ccc(S(=O)(=O)N(C)c2ccc(C)c(-c3ccoc3)c2)cc1. The maximum absolute atomic E-state index is 12.9. The zero-order chi connectivity index (χ0) is 18.0. The van der Waals surface area contributed by atoms with Crippen LogP contribution in [-0.4, -0.2) is 22.6 Å². The second kappa shape index (κ2) is 6.64. The minimum Gasteiger partial charge on any atom is -0.497 e. The summed E-state index contributed by atoms with van der Waals surface area (Å²) in [5.74, 6) is 0.610. The van der Waals surface area contributed by atoms with Crippen LogP contribution in [0.5, 0.6) is 5.75 Å². The number of hydrogen-bond donors (Lipinski definition) is 0. The van der Waals surface area contributed by atoms with E-state index in [0.29, 0.717) is 11.4 Å². The molecule has 0 N–H and O–H groups in total. The van der Waals surface area contributed by atoms with E-state index < -0.39 is 10.0 Å². The van der Waals surface area contributed by atoms with Crippen LogP contribution in [0, 0.1) is 6.92 Å². The van der Waals surface area contributed by atoms with Gasteiger partial charge in [0.25, 0.3) is 10.0 Å². The van der Waals surface area contributed by atoms with Crippen LogP contribution in [0.3, 0.4) is 0 Å². The Labute approximate surface area is 147 Å². The molecule has 0 saturated heterocycles. The standard InChI is InChI=1S/C19H19NO4S/c1-14-4-5-16(12-19(14)15-10-11-24-13-15)20(2)25(21,22)18-8-6-17(23-3)7-9-18/h4-13H,1-3H3. The number of methoxy groups -OCH3 is 1. The van der Waals surface area contributed by atoms with Crippen LogP contribution in [0.15, 0.2) is 70.4 Å². The molecule has 3 aromatic rings. The average Bonchev–Trinajstić information content (AvgIpc) is 3.16. The average molecular weight is 357 g/mol. The van der Waals surface area contributed by atoms with Gasteiger partial charge in [-0.05, 0) is 60.5 Å². The normalized spacial score (nSPS) is 11.3. The highest BCUT2D eigenvalue weighted by Gasteiger charge is 2.22. The van der Waals surface area contributed by atoms with Gasteiger partial charge in [-0.3, -0.25) is 4.31 Å². The number of aryl methyl sites for hydroxylation is 1. The highest BCUT2D eigenvalue weighted by atomic mass is 32.2. The molecule has 0 radical (unpaired) electrons. The van der Waals surface area contributed by atoms with Gasteiger partial charge < -0.3 is 9.15 Å². The third-order valence-corrected chi connectivity index (χ3v) is 5.93. The van der Waals surface area contributed by atoms with E-state index >= 15 is 0 Å². The van der Waals surface area contributed by atoms with Gasteiger partial charge in [0.2, 0.25) is 0 Å². The van der Waals surface area contributed by atoms with Gasteiger partial charge in [-0.2, -0.15) is 0 Å². The molecule has 0 aliphatic heterocycles. The number of sulfonamides is 1. The van der Waals surface area contributed by atoms with E-state index in [9.17, 15) is 8.42 Å². The van der Waals surface area contributed by atoms with Gasteiger partial charge in [0.15, 0.2) is 0 Å². The van der Waals surface area contributed by atoms with Gasteiger partial charge in [-0.1, -0.05) is 6.07 Å². The lowest BCUT2D eigenvalue weighted by Crippen LogP contribution is -2.26. The highest BCUT2D eigenvalue weighted by Crippen LogP contribution is 2.30. The van der Waals surface area contributed by atoms with Gasteiger partial charge in [-0.25, -0.2) is 8.42 Å². The topological polar surface area (TPSA) is 59.8 Å². The van der Waals surface area contributed by atoms with Gasteiger partial charge in [0.05, 0.1) is 30.2 Å². The molecule has 0 saturated carbocycles. The lowest BCUT2D eigenvalue weighted by molar-refractivity contribution is 0.414. The number of nitrogens with zero attached hydrogens (tertiary/aromatic N) is 1. The zero-order valence-corrected chi connectivity index (χ0v) is 15.1. The van der Waals surface area contributed by atoms with Crippen molar-refractivity contribution in [1.29, 1.82) is 0 Å². The zero-order valence-electron chi connectivity index (χ0n) is 14.3. The minimum atomic E-state index is -3.66. The van der Waals surface area contributed by atoms with E-state index in [0.717, 1.165) is 16.7 Å². The molecule has 5 nitrogen and oxygen atoms in total. The van der Waals surface area contributed by atoms with E-state index in [1.807, 2.05) is 25.1 Å². The van der Waals surface area contributed by atoms with Gasteiger partial charge in [0, 0.05) is 12.6 Å². The molecule has 25 heavy (non-hydrogen) atoms. The summed E-state index contributed by atoms with van der Waals surface area (Å²) < 4.78 is 37.3. The number of anilines is 1. The monoisotopic (exact) mass is 357 g/mol. The summed E-state index contributed by atoms with van der Waals surface area (Å²) in [5.41, 5.74) is 3.47. The second-order valence-corrected chi connectivity index (χ2v) is 7.63. The van der Waals surface area contributed by atoms with Crippen molar-refractivity contribution in [3.63, 3.8) is 0 Å². The molecule has 0 aliphatic rings. The molecule has 0 spiro atoms. The van der Waals surface area contributed by atoms with Gasteiger partial charge in [-0.15, -0.1) is 0 Å². The fraction of sp³-hybridized carbons (Fsp3) is 0.158. The van der Waals surface area contributed by atoms with Crippen molar-refractivity contribution in [2.45, 2.75) is 11.8 Å². The molecule has 130 valence electrons. The molecule has 3 rings (SSSR count). The molecule has 6 heteroatoms. The van der Waals surface area contributed by atoms with Crippen LogP contribution in [-0.2, 0) is 10.0 Å². The first kappa shape index (κ1) is 17.1. The molecule has 0 bridgehead atoms. The summed E-state index contributed by atoms with van der Waals surface area (Å²) in [6.07, 6.45) is 3.24. The number of ether oxygens (including phenoxy) is 1. The smallest absolute Gasteiger partial charge is 0.264 e. The minimum absolute atomic E-state index is 0.209. The second-order valence-electron chi connectivity index (χ2n) is 5.66. The van der Waals surface area contributed by atoms with Crippen molar-refractivity contribution < 1.29 is 17.6 Å². The Bertz CT molecular complexity index is 961. The summed E-state index contributed by atoms with van der Waals surface area (Å²) in [5, 5.41) is 0. The van der Waals surface area contributed by atoms with Crippen molar-refractivity contribution in [3.05, 3.63) is 66.6 Å². The number of hydrogen-bond acceptors (Lipinski definition) is 4. The van der Waals surface area contributed by atoms with Crippen LogP contribution < -0.4 is 9.04 Å². The summed E-state index contributed by atoms with van der Waals surface area (Å²) in [7, 11) is -0.575. The molecular weight excluding hydrogens is 338 g/mol. The van der Waals surface area contributed by atoms with E-state index in [1.165, 1.54) is 16.4 Å². The lowest BCUT2D eigenvalue weighted by atomic mass is 10.0. The maximum atomic E-state index is 12.9. The molecular formula is C19H19NO4S. The summed E-state index contributed by atoms with van der Waals surface area (Å²) in [6, 6.07) is 13.7. The molecule has 0 fully saturated rings. The molecule has 1 heterocycles. The number of benzene rings is 2. The van der Waals surface area contributed by atoms with E-state index in [4.69, 9.17) is 9.15 Å². The Morgan fingerprint density at radius 1 is 1.04 bits per heavy atom. The Morgan fingerprint density at radius 3 is 2.36 bits per heavy atom. The predicted octanol–water partition coefficient (Wildman–Crippen LogP) is 4.09. The van der Waals surface area contributed by atoms with Crippen molar-refractivity contribution in [1.82, 2.24) is 0 Å². The van der Waals surface area contributed by atoms with Crippen molar-refractivity contribution >= 4 is 15.7 Å². The van der Waals surface area contributed by atoms with Crippen LogP contribution in [0.2, 0.25) is 0 Å². The lowest BCUT2D eigenvalue weighted by Gasteiger charge is -2.21. The van der Waals surface area contributed by atoms with Crippen molar-refractivity contribution in [2.24, 2.45) is 0 Å². The molecule has 0 aliphatic carbocycles. The first-order valence-electron chi connectivity index (χ1n) is 7.69. The Balaban J connectivity index is 1.99. The summed E-state index contributed by atoms with van der Waals surface area (Å²) in [4.78, 5) is 0.209. The molecule has 0 unspecified atom stereocenters. The Kier molecular flexibility index (Phi) is 4.55. The molecule has 2 aromatic carbocycles. The van der Waals surface area contributed by atoms with Gasteiger partial charge >= 0.3 is 0 Å². The van der Waals surface area contributed by atoms with Crippen molar-refractivity contribution in [2.75, 3.05) is 18.5 Å². The molecule has 0 atom stereocenters. The van der Waals surface area contributed by atoms with E-state index in [2.05, 4.69) is 0 Å². The molecule has 0 amide bonds. The van der Waals surface area contributed by atoms with Crippen LogP contribution >= 0.6 is 0 Å². The largest absolute Gasteiger partial charge is 0.497 e. The fourth-order valence-electron chi connectivity index (χ4n) is 2.58. The summed E-state index contributed by atoms with van der Waals surface area (Å²) in [6.45, 7) is 1.98. The molecule has 1 aromatic heterocycles. The first-order chi connectivity index (χ1) is 11.9. The van der Waals surface area contributed by atoms with E-state index in [1.54, 1.807) is 44.9 Å². The quantitative estimate of drug-likeness (QED) is 0.690. The van der Waals surface area contributed by atoms with Crippen LogP contribution in [0.1, 0.15) is 5.56 Å². The first-order valence-corrected chi connectivity index (χ1v) is 9.13. The third kappa shape index (κ3) is 3.25. The predicted molar refractivity (Wildman–Crippen MR) is 97.5 cm³/mol. The van der Waals surface area contributed by atoms with E-state index in [-0.39, 0.29) is 4.90 Å². The highest BCUT2D eigenvalue weighted by molar-refractivity contribution is 7.92. The Morgan fingerprint density at radius 2 is 1.76 bits per heavy atom. The summed E-state index contributed by atoms with van der Waals surface area (Å²) >= 11 is 0.